The molecule has 0 aliphatic carbocycles. The van der Waals surface area contributed by atoms with Crippen molar-refractivity contribution in [2.75, 3.05) is 0 Å². The molecule has 1 radical (unpaired) electrons. The van der Waals surface area contributed by atoms with Crippen LogP contribution in [0.5, 0.6) is 0 Å². The molecule has 0 saturated carbocycles. The second-order valence-corrected chi connectivity index (χ2v) is 21.9. The minimum absolute atomic E-state index is 0. The van der Waals surface area contributed by atoms with Gasteiger partial charge in [-0.3, -0.25) is 0 Å². The van der Waals surface area contributed by atoms with Gasteiger partial charge in [0.05, 0.1) is 140 Å². The van der Waals surface area contributed by atoms with Crippen LogP contribution in [0.15, 0.2) is 30.3 Å². The van der Waals surface area contributed by atoms with Crippen LogP contribution in [0, 0.1) is 0 Å². The van der Waals surface area contributed by atoms with E-state index in [9.17, 15) is 0 Å². The van der Waals surface area contributed by atoms with Crippen LogP contribution in [0.3, 0.4) is 0 Å². The first-order valence-corrected chi connectivity index (χ1v) is 25.9. The predicted octanol–water partition coefficient (Wildman–Crippen LogP) is 24.2. The summed E-state index contributed by atoms with van der Waals surface area (Å²) in [5.41, 5.74) is 2.31. The van der Waals surface area contributed by atoms with Crippen molar-refractivity contribution in [3.8, 4) is 39.1 Å². The summed E-state index contributed by atoms with van der Waals surface area (Å²) in [5, 5.41) is -4.52. The molecule has 5 heterocycles. The molecule has 0 unspecified atom stereocenters. The van der Waals surface area contributed by atoms with Crippen molar-refractivity contribution in [3.05, 3.63) is 154 Å². The van der Waals surface area contributed by atoms with Crippen LogP contribution in [0.2, 0.25) is 100 Å². The summed E-state index contributed by atoms with van der Waals surface area (Å²) >= 11 is 141. The third-order valence-corrected chi connectivity index (χ3v) is 19.5. The van der Waals surface area contributed by atoms with Gasteiger partial charge in [0.15, 0.2) is 0 Å². The maximum Gasteiger partial charge on any atom is 3.00 e. The van der Waals surface area contributed by atoms with E-state index in [-0.39, 0.29) is 173 Å². The number of aromatic nitrogens is 4. The molecule has 7 aromatic rings. The van der Waals surface area contributed by atoms with E-state index < -0.39 is 0 Å². The number of H-pyrrole nitrogens is 1. The van der Waals surface area contributed by atoms with Crippen LogP contribution in [0.4, 0.5) is 0 Å². The number of fused-ring (bicyclic) bond motifs is 8. The number of nitrogens with zero attached hydrogens (tertiary/aromatic N) is 3. The Morgan fingerprint density at radius 1 is 0.319 bits per heavy atom. The Kier molecular flexibility index (Phi) is 16.8. The molecule has 0 saturated heterocycles. The van der Waals surface area contributed by atoms with Crippen molar-refractivity contribution in [2.45, 2.75) is 0 Å². The molecule has 351 valence electrons. The molecule has 2 aliphatic rings. The summed E-state index contributed by atoms with van der Waals surface area (Å²) in [6, 6.07) is 8.94. The Hall–Kier alpha value is -0.201. The molecule has 0 amide bonds. The van der Waals surface area contributed by atoms with Gasteiger partial charge in [0, 0.05) is 44.4 Å². The Balaban J connectivity index is 0.00000642. The fraction of sp³-hybridized carbons (Fsp3) is 0. The second-order valence-electron chi connectivity index (χ2n) is 14.3. The van der Waals surface area contributed by atoms with Crippen molar-refractivity contribution in [3.63, 3.8) is 0 Å². The summed E-state index contributed by atoms with van der Waals surface area (Å²) in [7, 11) is 0. The molecule has 1 N–H and O–H groups in total. The SMILES string of the molecule is Clc1c(Cl)c(Cl)c(-c2c(-c3c(Cl)c(Cl)c(Cl)c(Cl)c3Cl)c3c(-c4c(Cl)c(Cl)c(Cl)c(Cl)c4Cl)c4nc(cc5ccc(cc6nc(cc2n3-c2c(Cl)c(Cl)c(Cl)c(Cl)c2Cl)C=C6)[nH]5)C=C4)c(Cl)c1Cl.[Fe+3]. The van der Waals surface area contributed by atoms with Crippen LogP contribution < -0.4 is 0 Å². The number of hydrogen-bond donors (Lipinski definition) is 1. The molecule has 4 aromatic carbocycles. The second kappa shape index (κ2) is 21.1. The van der Waals surface area contributed by atoms with Crippen LogP contribution in [0.1, 0.15) is 22.8 Å². The van der Waals surface area contributed by atoms with Crippen LogP contribution >= 0.6 is 232 Å². The van der Waals surface area contributed by atoms with E-state index in [2.05, 4.69) is 4.98 Å². The van der Waals surface area contributed by atoms with Gasteiger partial charge in [0.1, 0.15) is 0 Å². The number of rotatable bonds is 4. The zero-order valence-corrected chi connectivity index (χ0v) is 48.7. The monoisotopic (exact) mass is 1350 g/mol. The molecule has 25 heteroatoms. The molecule has 2 aliphatic heterocycles. The van der Waals surface area contributed by atoms with Crippen molar-refractivity contribution in [1.29, 1.82) is 0 Å². The van der Waals surface area contributed by atoms with E-state index in [1.165, 1.54) is 4.57 Å². The molecule has 4 nitrogen and oxygen atoms in total. The minimum Gasteiger partial charge on any atom is -0.355 e. The number of benzene rings is 4. The molecule has 3 aromatic heterocycles. The van der Waals surface area contributed by atoms with E-state index in [1.54, 1.807) is 36.4 Å². The van der Waals surface area contributed by atoms with Crippen LogP contribution in [0.25, 0.3) is 85.4 Å². The fourth-order valence-corrected chi connectivity index (χ4v) is 12.8. The standard InChI is InChI=1S/C44H10Cl20N4.Fe/c45-23-20(24(46)30(52)35(57)29(23)51)17-15-6-5-13(67-15)8-12-2-1-10(65-12)7-11-3-4-14(66-11)9-16-18(21-25(47)31(53)36(58)32(54)26(21)48)19(22-27(49)33(55)37(59)34(56)28(22)50)43(17)68(16)44-41(63)39(61)38(60)40(62)42(44)64;/h1-9,65H;/q;+3. The van der Waals surface area contributed by atoms with Gasteiger partial charge in [-0.2, -0.15) is 0 Å². The molecular formula is C44H10Cl20FeN4+3. The summed E-state index contributed by atoms with van der Waals surface area (Å²) in [6.45, 7) is 0. The van der Waals surface area contributed by atoms with E-state index in [1.807, 2.05) is 18.2 Å². The van der Waals surface area contributed by atoms with Gasteiger partial charge in [0.25, 0.3) is 0 Å². The normalized spacial score (nSPS) is 12.1. The Morgan fingerprint density at radius 2 is 0.638 bits per heavy atom. The molecule has 0 spiro atoms. The van der Waals surface area contributed by atoms with Gasteiger partial charge in [-0.15, -0.1) is 0 Å². The molecule has 69 heavy (non-hydrogen) atoms. The molecule has 9 rings (SSSR count). The van der Waals surface area contributed by atoms with Gasteiger partial charge in [0.2, 0.25) is 0 Å². The first-order valence-electron chi connectivity index (χ1n) is 18.3. The largest absolute Gasteiger partial charge is 3.00 e. The summed E-state index contributed by atoms with van der Waals surface area (Å²) in [5.74, 6) is 0. The van der Waals surface area contributed by atoms with Crippen molar-refractivity contribution < 1.29 is 17.1 Å². The summed E-state index contributed by atoms with van der Waals surface area (Å²) in [6.07, 6.45) is 6.84. The number of nitrogens with one attached hydrogen (secondary N) is 1. The minimum atomic E-state index is -0.259. The van der Waals surface area contributed by atoms with Gasteiger partial charge in [-0.25, -0.2) is 9.97 Å². The van der Waals surface area contributed by atoms with Gasteiger partial charge >= 0.3 is 17.1 Å². The Bertz CT molecular complexity index is 3590. The maximum atomic E-state index is 7.35. The van der Waals surface area contributed by atoms with Gasteiger partial charge in [-0.05, 0) is 54.6 Å². The van der Waals surface area contributed by atoms with Crippen LogP contribution in [-0.2, 0) is 17.1 Å². The van der Waals surface area contributed by atoms with Crippen molar-refractivity contribution >= 4 is 278 Å². The first kappa shape index (κ1) is 55.0. The van der Waals surface area contributed by atoms with Gasteiger partial charge < -0.3 is 9.55 Å². The first-order chi connectivity index (χ1) is 32.1. The maximum absolute atomic E-state index is 7.35. The third-order valence-electron chi connectivity index (χ3n) is 10.5. The van der Waals surface area contributed by atoms with Crippen molar-refractivity contribution in [2.24, 2.45) is 0 Å². The smallest absolute Gasteiger partial charge is 0.355 e. The zero-order chi connectivity index (χ0) is 49.3. The molecular weight excluding hydrogens is 1350 g/mol. The fourth-order valence-electron chi connectivity index (χ4n) is 7.53. The van der Waals surface area contributed by atoms with Gasteiger partial charge in [-0.1, -0.05) is 232 Å². The topological polar surface area (TPSA) is 46.5 Å². The zero-order valence-electron chi connectivity index (χ0n) is 32.5. The summed E-state index contributed by atoms with van der Waals surface area (Å²) in [4.78, 5) is 13.4. The van der Waals surface area contributed by atoms with Crippen LogP contribution in [-0.4, -0.2) is 19.5 Å². The van der Waals surface area contributed by atoms with E-state index in [0.717, 1.165) is 0 Å². The molecule has 0 fully saturated rings. The average molecular weight is 1360 g/mol. The average Bonchev–Trinajstić information content (AvgIpc) is 4.14. The quantitative estimate of drug-likeness (QED) is 0.108. The van der Waals surface area contributed by atoms with E-state index >= 15 is 0 Å². The number of halogens is 20. The summed E-state index contributed by atoms with van der Waals surface area (Å²) < 4.78 is 1.49. The Morgan fingerprint density at radius 3 is 1.06 bits per heavy atom. The third kappa shape index (κ3) is 9.18. The molecule has 8 bridgehead atoms. The number of hydrogen-bond acceptors (Lipinski definition) is 2. The Labute approximate surface area is 501 Å². The van der Waals surface area contributed by atoms with E-state index in [4.69, 9.17) is 242 Å². The number of aromatic amines is 1. The predicted molar refractivity (Wildman–Crippen MR) is 300 cm³/mol. The van der Waals surface area contributed by atoms with E-state index in [0.29, 0.717) is 28.1 Å². The van der Waals surface area contributed by atoms with Crippen molar-refractivity contribution in [1.82, 2.24) is 19.5 Å². The molecule has 0 atom stereocenters.